The molecule has 1 saturated carbocycles. The first-order chi connectivity index (χ1) is 9.88. The van der Waals surface area contributed by atoms with Gasteiger partial charge in [0.05, 0.1) is 5.25 Å². The van der Waals surface area contributed by atoms with Crippen molar-refractivity contribution in [3.05, 3.63) is 0 Å². The average molecular weight is 320 g/mol. The highest BCUT2D eigenvalue weighted by Gasteiger charge is 2.33. The molecule has 1 rings (SSSR count). The number of ether oxygens (including phenoxy) is 1. The maximum absolute atomic E-state index is 11.9. The highest BCUT2D eigenvalue weighted by atomic mass is 32.2. The smallest absolute Gasteiger partial charge is 0.150 e. The van der Waals surface area contributed by atoms with Crippen LogP contribution in [0.2, 0.25) is 0 Å². The van der Waals surface area contributed by atoms with E-state index in [2.05, 4.69) is 19.2 Å². The van der Waals surface area contributed by atoms with Gasteiger partial charge in [-0.25, -0.2) is 8.42 Å². The highest BCUT2D eigenvalue weighted by molar-refractivity contribution is 7.91. The molecule has 4 nitrogen and oxygen atoms in total. The van der Waals surface area contributed by atoms with Crippen molar-refractivity contribution in [3.8, 4) is 0 Å². The van der Waals surface area contributed by atoms with E-state index in [0.717, 1.165) is 51.7 Å². The van der Waals surface area contributed by atoms with Gasteiger partial charge in [0.2, 0.25) is 0 Å². The molecule has 0 aromatic rings. The van der Waals surface area contributed by atoms with Crippen molar-refractivity contribution in [2.75, 3.05) is 26.5 Å². The van der Waals surface area contributed by atoms with Crippen LogP contribution in [0.3, 0.4) is 0 Å². The Labute approximate surface area is 130 Å². The number of rotatable bonds is 9. The second kappa shape index (κ2) is 9.11. The summed E-state index contributed by atoms with van der Waals surface area (Å²) in [6, 6.07) is 0.416. The lowest BCUT2D eigenvalue weighted by Gasteiger charge is -2.35. The molecule has 126 valence electrons. The number of methoxy groups -OCH3 is 1. The van der Waals surface area contributed by atoms with Gasteiger partial charge in [-0.15, -0.1) is 0 Å². The van der Waals surface area contributed by atoms with Crippen LogP contribution < -0.4 is 5.32 Å². The van der Waals surface area contributed by atoms with E-state index in [1.54, 1.807) is 7.11 Å². The predicted molar refractivity (Wildman–Crippen MR) is 88.3 cm³/mol. The Morgan fingerprint density at radius 2 is 2.05 bits per heavy atom. The molecule has 21 heavy (non-hydrogen) atoms. The molecule has 0 bridgehead atoms. The number of sulfone groups is 1. The van der Waals surface area contributed by atoms with Gasteiger partial charge in [-0.3, -0.25) is 0 Å². The SMILES string of the molecule is CCCNC(CC(C)COC)C1CCCC(S(C)(=O)=O)C1. The fraction of sp³-hybridized carbons (Fsp3) is 1.00. The van der Waals surface area contributed by atoms with Crippen LogP contribution in [0.1, 0.15) is 52.4 Å². The third kappa shape index (κ3) is 6.66. The normalized spacial score (nSPS) is 26.5. The van der Waals surface area contributed by atoms with Gasteiger partial charge in [0.25, 0.3) is 0 Å². The molecule has 1 aliphatic carbocycles. The zero-order chi connectivity index (χ0) is 15.9. The predicted octanol–water partition coefficient (Wildman–Crippen LogP) is 2.63. The molecular formula is C16H33NO3S. The molecule has 0 radical (unpaired) electrons. The van der Waals surface area contributed by atoms with Gasteiger partial charge in [-0.2, -0.15) is 0 Å². The molecule has 4 unspecified atom stereocenters. The Hall–Kier alpha value is -0.130. The molecule has 0 aromatic heterocycles. The van der Waals surface area contributed by atoms with Gasteiger partial charge >= 0.3 is 0 Å². The minimum atomic E-state index is -2.90. The second-order valence-electron chi connectivity index (χ2n) is 6.74. The molecule has 0 amide bonds. The van der Waals surface area contributed by atoms with E-state index in [4.69, 9.17) is 4.74 Å². The highest BCUT2D eigenvalue weighted by Crippen LogP contribution is 2.32. The molecule has 4 atom stereocenters. The van der Waals surface area contributed by atoms with Gasteiger partial charge in [0.15, 0.2) is 0 Å². The van der Waals surface area contributed by atoms with E-state index in [1.807, 2.05) is 0 Å². The molecule has 1 fully saturated rings. The van der Waals surface area contributed by atoms with E-state index in [-0.39, 0.29) is 5.25 Å². The molecule has 1 aliphatic rings. The molecular weight excluding hydrogens is 286 g/mol. The summed E-state index contributed by atoms with van der Waals surface area (Å²) >= 11 is 0. The average Bonchev–Trinajstić information content (AvgIpc) is 2.43. The topological polar surface area (TPSA) is 55.4 Å². The van der Waals surface area contributed by atoms with Crippen molar-refractivity contribution in [2.24, 2.45) is 11.8 Å². The molecule has 0 aromatic carbocycles. The third-order valence-electron chi connectivity index (χ3n) is 4.61. The Kier molecular flexibility index (Phi) is 8.21. The lowest BCUT2D eigenvalue weighted by Crippen LogP contribution is -2.42. The fourth-order valence-electron chi connectivity index (χ4n) is 3.49. The first kappa shape index (κ1) is 18.9. The Morgan fingerprint density at radius 3 is 2.62 bits per heavy atom. The van der Waals surface area contributed by atoms with Gasteiger partial charge < -0.3 is 10.1 Å². The lowest BCUT2D eigenvalue weighted by atomic mass is 9.80. The largest absolute Gasteiger partial charge is 0.384 e. The van der Waals surface area contributed by atoms with Gasteiger partial charge in [0, 0.05) is 26.0 Å². The Bertz CT molecular complexity index is 383. The summed E-state index contributed by atoms with van der Waals surface area (Å²) in [6.45, 7) is 6.15. The van der Waals surface area contributed by atoms with E-state index < -0.39 is 9.84 Å². The van der Waals surface area contributed by atoms with Crippen LogP contribution in [-0.4, -0.2) is 46.2 Å². The summed E-state index contributed by atoms with van der Waals surface area (Å²) in [4.78, 5) is 0. The van der Waals surface area contributed by atoms with Crippen LogP contribution in [0, 0.1) is 11.8 Å². The molecule has 0 saturated heterocycles. The molecule has 0 spiro atoms. The Balaban J connectivity index is 2.67. The van der Waals surface area contributed by atoms with Gasteiger partial charge in [-0.1, -0.05) is 20.3 Å². The molecule has 0 heterocycles. The van der Waals surface area contributed by atoms with Crippen LogP contribution in [0.15, 0.2) is 0 Å². The zero-order valence-corrected chi connectivity index (χ0v) is 14.9. The lowest BCUT2D eigenvalue weighted by molar-refractivity contribution is 0.137. The van der Waals surface area contributed by atoms with Crippen molar-refractivity contribution >= 4 is 9.84 Å². The standard InChI is InChI=1S/C16H33NO3S/c1-5-9-17-16(10-13(2)12-20-3)14-7-6-8-15(11-14)21(4,18)19/h13-17H,5-12H2,1-4H3. The molecule has 0 aliphatic heterocycles. The van der Waals surface area contributed by atoms with Crippen molar-refractivity contribution in [2.45, 2.75) is 63.7 Å². The minimum Gasteiger partial charge on any atom is -0.384 e. The van der Waals surface area contributed by atoms with Crippen molar-refractivity contribution in [3.63, 3.8) is 0 Å². The summed E-state index contributed by atoms with van der Waals surface area (Å²) in [5.74, 6) is 0.979. The third-order valence-corrected chi connectivity index (χ3v) is 6.24. The van der Waals surface area contributed by atoms with Crippen LogP contribution in [-0.2, 0) is 14.6 Å². The Morgan fingerprint density at radius 1 is 1.33 bits per heavy atom. The maximum Gasteiger partial charge on any atom is 0.150 e. The summed E-state index contributed by atoms with van der Waals surface area (Å²) in [7, 11) is -1.16. The number of hydrogen-bond donors (Lipinski definition) is 1. The summed E-state index contributed by atoms with van der Waals surface area (Å²) < 4.78 is 29.0. The minimum absolute atomic E-state index is 0.139. The quantitative estimate of drug-likeness (QED) is 0.710. The first-order valence-corrected chi connectivity index (χ1v) is 10.2. The van der Waals surface area contributed by atoms with Crippen molar-refractivity contribution < 1.29 is 13.2 Å². The monoisotopic (exact) mass is 319 g/mol. The fourth-order valence-corrected chi connectivity index (χ4v) is 4.69. The van der Waals surface area contributed by atoms with Crippen LogP contribution in [0.25, 0.3) is 0 Å². The van der Waals surface area contributed by atoms with Crippen LogP contribution >= 0.6 is 0 Å². The number of hydrogen-bond acceptors (Lipinski definition) is 4. The van der Waals surface area contributed by atoms with E-state index >= 15 is 0 Å². The summed E-state index contributed by atoms with van der Waals surface area (Å²) in [6.07, 6.45) is 7.40. The van der Waals surface area contributed by atoms with Gasteiger partial charge in [0.1, 0.15) is 9.84 Å². The second-order valence-corrected chi connectivity index (χ2v) is 9.06. The first-order valence-electron chi connectivity index (χ1n) is 8.29. The number of nitrogens with one attached hydrogen (secondary N) is 1. The van der Waals surface area contributed by atoms with E-state index in [9.17, 15) is 8.42 Å². The van der Waals surface area contributed by atoms with Crippen LogP contribution in [0.4, 0.5) is 0 Å². The zero-order valence-electron chi connectivity index (χ0n) is 14.1. The van der Waals surface area contributed by atoms with Gasteiger partial charge in [-0.05, 0) is 50.5 Å². The van der Waals surface area contributed by atoms with Crippen molar-refractivity contribution in [1.82, 2.24) is 5.32 Å². The van der Waals surface area contributed by atoms with Crippen molar-refractivity contribution in [1.29, 1.82) is 0 Å². The summed E-state index contributed by atoms with van der Waals surface area (Å²) in [5, 5.41) is 3.51. The van der Waals surface area contributed by atoms with Crippen LogP contribution in [0.5, 0.6) is 0 Å². The van der Waals surface area contributed by atoms with E-state index in [1.165, 1.54) is 6.26 Å². The summed E-state index contributed by atoms with van der Waals surface area (Å²) in [5.41, 5.74) is 0. The maximum atomic E-state index is 11.9. The molecule has 1 N–H and O–H groups in total. The van der Waals surface area contributed by atoms with E-state index in [0.29, 0.717) is 17.9 Å². The molecule has 5 heteroatoms.